The van der Waals surface area contributed by atoms with Crippen molar-refractivity contribution in [1.29, 1.82) is 0 Å². The zero-order chi connectivity index (χ0) is 18.4. The van der Waals surface area contributed by atoms with Gasteiger partial charge in [0.1, 0.15) is 23.9 Å². The van der Waals surface area contributed by atoms with Gasteiger partial charge in [0.15, 0.2) is 6.10 Å². The summed E-state index contributed by atoms with van der Waals surface area (Å²) in [4.78, 5) is 10.8. The molecule has 0 saturated heterocycles. The summed E-state index contributed by atoms with van der Waals surface area (Å²) in [7, 11) is 0. The molecule has 0 amide bonds. The Balaban J connectivity index is 1.97. The van der Waals surface area contributed by atoms with Gasteiger partial charge in [0, 0.05) is 4.48 Å². The van der Waals surface area contributed by atoms with Crippen molar-refractivity contribution in [3.05, 3.63) is 65.5 Å². The van der Waals surface area contributed by atoms with Crippen molar-refractivity contribution < 1.29 is 23.8 Å². The lowest BCUT2D eigenvalue weighted by atomic mass is 10.2. The molecule has 2 aromatic carbocycles. The predicted octanol–water partition coefficient (Wildman–Crippen LogP) is 4.80. The minimum atomic E-state index is -1.02. The second-order valence-electron chi connectivity index (χ2n) is 5.40. The van der Waals surface area contributed by atoms with Gasteiger partial charge in [0.25, 0.3) is 0 Å². The van der Waals surface area contributed by atoms with Gasteiger partial charge in [-0.1, -0.05) is 28.1 Å². The van der Waals surface area contributed by atoms with E-state index in [1.54, 1.807) is 30.3 Å². The topological polar surface area (TPSA) is 55.8 Å². The Hall–Kier alpha value is -2.34. The van der Waals surface area contributed by atoms with Crippen molar-refractivity contribution in [2.75, 3.05) is 6.61 Å². The van der Waals surface area contributed by atoms with Crippen LogP contribution in [-0.2, 0) is 4.79 Å². The van der Waals surface area contributed by atoms with E-state index < -0.39 is 12.1 Å². The van der Waals surface area contributed by atoms with Gasteiger partial charge in [-0.05, 0) is 61.4 Å². The van der Waals surface area contributed by atoms with Crippen LogP contribution in [0.3, 0.4) is 0 Å². The zero-order valence-corrected chi connectivity index (χ0v) is 15.4. The van der Waals surface area contributed by atoms with Crippen LogP contribution in [0.2, 0.25) is 0 Å². The highest BCUT2D eigenvalue weighted by Crippen LogP contribution is 2.25. The molecule has 0 radical (unpaired) electrons. The second-order valence-corrected chi connectivity index (χ2v) is 6.25. The molecule has 0 fully saturated rings. The average molecular weight is 409 g/mol. The summed E-state index contributed by atoms with van der Waals surface area (Å²) >= 11 is 3.43. The smallest absolute Gasteiger partial charge is 0.344 e. The number of aryl methyl sites for hydroxylation is 1. The molecular weight excluding hydrogens is 391 g/mol. The van der Waals surface area contributed by atoms with Gasteiger partial charge >= 0.3 is 5.97 Å². The Kier molecular flexibility index (Phi) is 6.58. The highest BCUT2D eigenvalue weighted by Gasteiger charge is 2.13. The fourth-order valence-corrected chi connectivity index (χ4v) is 2.42. The Bertz CT molecular complexity index is 771. The van der Waals surface area contributed by atoms with E-state index >= 15 is 0 Å². The molecule has 132 valence electrons. The molecule has 0 saturated carbocycles. The van der Waals surface area contributed by atoms with E-state index in [9.17, 15) is 9.18 Å². The van der Waals surface area contributed by atoms with E-state index in [0.717, 1.165) is 15.6 Å². The van der Waals surface area contributed by atoms with Gasteiger partial charge in [-0.15, -0.1) is 0 Å². The summed E-state index contributed by atoms with van der Waals surface area (Å²) in [6.07, 6.45) is 0.916. The number of carboxylic acid groups (broad SMARTS) is 1. The van der Waals surface area contributed by atoms with E-state index in [0.29, 0.717) is 18.1 Å². The van der Waals surface area contributed by atoms with Gasteiger partial charge in [-0.25, -0.2) is 9.18 Å². The molecule has 2 aromatic rings. The molecule has 0 bridgehead atoms. The van der Waals surface area contributed by atoms with Gasteiger partial charge < -0.3 is 14.6 Å². The van der Waals surface area contributed by atoms with Crippen LogP contribution < -0.4 is 9.47 Å². The molecule has 6 heteroatoms. The molecule has 1 N–H and O–H groups in total. The minimum Gasteiger partial charge on any atom is -0.489 e. The molecule has 4 nitrogen and oxygen atoms in total. The fraction of sp³-hybridized carbons (Fsp3) is 0.211. The monoisotopic (exact) mass is 408 g/mol. The third-order valence-electron chi connectivity index (χ3n) is 3.43. The van der Waals surface area contributed by atoms with Crippen LogP contribution in [0.15, 0.2) is 48.5 Å². The lowest BCUT2D eigenvalue weighted by Gasteiger charge is -2.13. The van der Waals surface area contributed by atoms with E-state index in [2.05, 4.69) is 15.9 Å². The quantitative estimate of drug-likeness (QED) is 0.714. The highest BCUT2D eigenvalue weighted by atomic mass is 79.9. The second kappa shape index (κ2) is 8.67. The van der Waals surface area contributed by atoms with Crippen molar-refractivity contribution in [2.24, 2.45) is 0 Å². The van der Waals surface area contributed by atoms with Crippen LogP contribution >= 0.6 is 15.9 Å². The summed E-state index contributed by atoms with van der Waals surface area (Å²) in [5, 5.41) is 8.88. The normalized spacial score (nSPS) is 12.6. The molecule has 0 aliphatic carbocycles. The molecular formula is C19H18BrFO4. The lowest BCUT2D eigenvalue weighted by molar-refractivity contribution is -0.144. The first-order chi connectivity index (χ1) is 11.9. The zero-order valence-electron chi connectivity index (χ0n) is 13.8. The van der Waals surface area contributed by atoms with E-state index in [1.807, 2.05) is 13.0 Å². The molecule has 0 spiro atoms. The van der Waals surface area contributed by atoms with Crippen LogP contribution in [0.1, 0.15) is 18.1 Å². The molecule has 0 aromatic heterocycles. The van der Waals surface area contributed by atoms with E-state index in [-0.39, 0.29) is 5.82 Å². The van der Waals surface area contributed by atoms with Crippen molar-refractivity contribution in [3.8, 4) is 11.5 Å². The van der Waals surface area contributed by atoms with Gasteiger partial charge in [-0.2, -0.15) is 0 Å². The number of carboxylic acids is 1. The third-order valence-corrected chi connectivity index (χ3v) is 4.21. The van der Waals surface area contributed by atoms with Crippen LogP contribution in [0, 0.1) is 12.7 Å². The van der Waals surface area contributed by atoms with Crippen LogP contribution in [0.25, 0.3) is 4.48 Å². The maximum Gasteiger partial charge on any atom is 0.344 e. The lowest BCUT2D eigenvalue weighted by Crippen LogP contribution is -2.23. The number of benzene rings is 2. The molecule has 25 heavy (non-hydrogen) atoms. The summed E-state index contributed by atoms with van der Waals surface area (Å²) < 4.78 is 24.7. The maximum absolute atomic E-state index is 12.9. The Morgan fingerprint density at radius 2 is 1.96 bits per heavy atom. The number of hydrogen-bond acceptors (Lipinski definition) is 3. The van der Waals surface area contributed by atoms with Crippen LogP contribution in [0.4, 0.5) is 4.39 Å². The number of halogens is 2. The number of hydrogen-bond donors (Lipinski definition) is 1. The summed E-state index contributed by atoms with van der Waals surface area (Å²) in [6.45, 7) is 3.62. The first kappa shape index (κ1) is 19.0. The largest absolute Gasteiger partial charge is 0.489 e. The Morgan fingerprint density at radius 1 is 1.28 bits per heavy atom. The fourth-order valence-electron chi connectivity index (χ4n) is 2.02. The average Bonchev–Trinajstić information content (AvgIpc) is 2.57. The van der Waals surface area contributed by atoms with Crippen LogP contribution in [0.5, 0.6) is 11.5 Å². The molecule has 1 unspecified atom stereocenters. The Labute approximate surface area is 154 Å². The van der Waals surface area contributed by atoms with Gasteiger partial charge in [0.05, 0.1) is 0 Å². The Morgan fingerprint density at radius 3 is 2.56 bits per heavy atom. The molecule has 1 atom stereocenters. The molecule has 0 aliphatic heterocycles. The van der Waals surface area contributed by atoms with Crippen molar-refractivity contribution in [3.63, 3.8) is 0 Å². The predicted molar refractivity (Wildman–Crippen MR) is 97.7 cm³/mol. The standard InChI is InChI=1S/C19H18BrFO4/c1-12-11-16(7-8-18(12)25-13(2)19(22)23)24-10-9-17(20)14-3-5-15(21)6-4-14/h3-9,11,13H,10H2,1-2H3,(H,22,23)/b17-9-. The summed E-state index contributed by atoms with van der Waals surface area (Å²) in [5.41, 5.74) is 1.64. The molecule has 0 heterocycles. The van der Waals surface area contributed by atoms with Crippen molar-refractivity contribution in [2.45, 2.75) is 20.0 Å². The molecule has 0 aliphatic rings. The number of aliphatic carboxylic acids is 1. The maximum atomic E-state index is 12.9. The van der Waals surface area contributed by atoms with Crippen molar-refractivity contribution >= 4 is 26.4 Å². The molecule has 2 rings (SSSR count). The number of ether oxygens (including phenoxy) is 2. The van der Waals surface area contributed by atoms with Gasteiger partial charge in [-0.3, -0.25) is 0 Å². The number of rotatable bonds is 7. The summed E-state index contributed by atoms with van der Waals surface area (Å²) in [6, 6.07) is 11.3. The number of carbonyl (C=O) groups is 1. The first-order valence-electron chi connectivity index (χ1n) is 7.61. The third kappa shape index (κ3) is 5.60. The summed E-state index contributed by atoms with van der Waals surface area (Å²) in [5.74, 6) is -0.153. The SMILES string of the molecule is Cc1cc(OC/C=C(\Br)c2ccc(F)cc2)ccc1OC(C)C(=O)O. The van der Waals surface area contributed by atoms with Gasteiger partial charge in [0.2, 0.25) is 0 Å². The van der Waals surface area contributed by atoms with E-state index in [4.69, 9.17) is 14.6 Å². The van der Waals surface area contributed by atoms with Crippen molar-refractivity contribution in [1.82, 2.24) is 0 Å². The highest BCUT2D eigenvalue weighted by molar-refractivity contribution is 9.15. The minimum absolute atomic E-state index is 0.282. The van der Waals surface area contributed by atoms with Crippen LogP contribution in [-0.4, -0.2) is 23.8 Å². The van der Waals surface area contributed by atoms with E-state index in [1.165, 1.54) is 19.1 Å². The first-order valence-corrected chi connectivity index (χ1v) is 8.40.